The van der Waals surface area contributed by atoms with Gasteiger partial charge in [0.1, 0.15) is 0 Å². The number of nitrogens with zero attached hydrogens (tertiary/aromatic N) is 1. The number of amides is 4. The van der Waals surface area contributed by atoms with Crippen molar-refractivity contribution in [3.8, 4) is 0 Å². The molecule has 0 aromatic carbocycles. The van der Waals surface area contributed by atoms with Crippen LogP contribution in [-0.2, 0) is 14.3 Å². The van der Waals surface area contributed by atoms with Crippen LogP contribution in [0.1, 0.15) is 38.5 Å². The lowest BCUT2D eigenvalue weighted by molar-refractivity contribution is -0.862. The molecule has 4 aliphatic carbocycles. The summed E-state index contributed by atoms with van der Waals surface area (Å²) in [6.07, 6.45) is 7.10. The van der Waals surface area contributed by atoms with Gasteiger partial charge in [-0.05, 0) is 56.3 Å². The second kappa shape index (κ2) is 7.99. The maximum absolute atomic E-state index is 12.4. The van der Waals surface area contributed by atoms with E-state index in [9.17, 15) is 14.4 Å². The van der Waals surface area contributed by atoms with Crippen molar-refractivity contribution < 1.29 is 24.0 Å². The second-order valence-corrected chi connectivity index (χ2v) is 9.50. The zero-order valence-electron chi connectivity index (χ0n) is 16.8. The fourth-order valence-corrected chi connectivity index (χ4v) is 6.23. The van der Waals surface area contributed by atoms with E-state index in [4.69, 9.17) is 4.74 Å². The van der Waals surface area contributed by atoms with Gasteiger partial charge in [0.15, 0.2) is 13.1 Å². The van der Waals surface area contributed by atoms with Crippen molar-refractivity contribution in [2.75, 3.05) is 46.4 Å². The molecule has 3 N–H and O–H groups in total. The molecule has 5 aliphatic rings. The number of urea groups is 1. The Hall–Kier alpha value is -1.67. The van der Waals surface area contributed by atoms with Crippen molar-refractivity contribution >= 4 is 17.8 Å². The highest BCUT2D eigenvalue weighted by Gasteiger charge is 2.51. The van der Waals surface area contributed by atoms with E-state index in [0.29, 0.717) is 26.3 Å². The highest BCUT2D eigenvalue weighted by atomic mass is 16.5. The molecule has 156 valence electrons. The number of carbonyl (C=O) groups is 3. The molecule has 0 aromatic rings. The van der Waals surface area contributed by atoms with E-state index in [2.05, 4.69) is 10.6 Å². The average molecular weight is 394 g/mol. The number of ether oxygens (including phenoxy) is 1. The van der Waals surface area contributed by atoms with Gasteiger partial charge in [-0.1, -0.05) is 0 Å². The Morgan fingerprint density at radius 1 is 1.00 bits per heavy atom. The van der Waals surface area contributed by atoms with Crippen LogP contribution in [0.25, 0.3) is 0 Å². The minimum atomic E-state index is -0.376. The van der Waals surface area contributed by atoms with E-state index < -0.39 is 0 Å². The molecule has 1 saturated heterocycles. The number of hydrogen-bond donors (Lipinski definition) is 3. The topological polar surface area (TPSA) is 92.2 Å². The van der Waals surface area contributed by atoms with Crippen LogP contribution in [0.2, 0.25) is 0 Å². The third-order valence-corrected chi connectivity index (χ3v) is 6.95. The van der Waals surface area contributed by atoms with Crippen molar-refractivity contribution in [3.05, 3.63) is 0 Å². The molecule has 4 amide bonds. The van der Waals surface area contributed by atoms with Gasteiger partial charge in [0, 0.05) is 18.6 Å². The van der Waals surface area contributed by atoms with Crippen molar-refractivity contribution in [2.24, 2.45) is 17.8 Å². The first-order valence-corrected chi connectivity index (χ1v) is 10.7. The first-order chi connectivity index (χ1) is 13.4. The van der Waals surface area contributed by atoms with Gasteiger partial charge >= 0.3 is 6.03 Å². The minimum Gasteiger partial charge on any atom is -0.378 e. The van der Waals surface area contributed by atoms with Crippen molar-refractivity contribution in [2.45, 2.75) is 44.1 Å². The monoisotopic (exact) mass is 393 g/mol. The molecule has 28 heavy (non-hydrogen) atoms. The van der Waals surface area contributed by atoms with Crippen LogP contribution in [0.3, 0.4) is 0 Å². The van der Waals surface area contributed by atoms with E-state index in [-0.39, 0.29) is 36.5 Å². The summed E-state index contributed by atoms with van der Waals surface area (Å²) in [6.45, 7) is 2.68. The highest BCUT2D eigenvalue weighted by Crippen LogP contribution is 2.55. The summed E-state index contributed by atoms with van der Waals surface area (Å²) in [5.41, 5.74) is -0.107. The lowest BCUT2D eigenvalue weighted by Gasteiger charge is -2.56. The number of carbonyl (C=O) groups excluding carboxylic acids is 3. The summed E-state index contributed by atoms with van der Waals surface area (Å²) in [4.78, 5) is 39.5. The predicted octanol–water partition coefficient (Wildman–Crippen LogP) is -0.845. The molecule has 4 saturated carbocycles. The third-order valence-electron chi connectivity index (χ3n) is 6.95. The Kier molecular flexibility index (Phi) is 5.60. The normalized spacial score (nSPS) is 34.8. The molecular weight excluding hydrogens is 360 g/mol. The number of likely N-dealkylation sites (N-methyl/N-ethyl adjacent to an activating group) is 1. The summed E-state index contributed by atoms with van der Waals surface area (Å²) in [6, 6.07) is -0.376. The lowest BCUT2D eigenvalue weighted by Crippen LogP contribution is -3.11. The zero-order valence-corrected chi connectivity index (χ0v) is 16.8. The molecule has 1 aliphatic heterocycles. The van der Waals surface area contributed by atoms with Crippen LogP contribution in [0.5, 0.6) is 0 Å². The smallest absolute Gasteiger partial charge is 0.322 e. The maximum Gasteiger partial charge on any atom is 0.322 e. The summed E-state index contributed by atoms with van der Waals surface area (Å²) < 4.78 is 5.25. The Balaban J connectivity index is 1.21. The minimum absolute atomic E-state index is 0.0200. The first kappa shape index (κ1) is 19.6. The van der Waals surface area contributed by atoms with Gasteiger partial charge in [0.25, 0.3) is 11.8 Å². The van der Waals surface area contributed by atoms with E-state index >= 15 is 0 Å². The summed E-state index contributed by atoms with van der Waals surface area (Å²) in [5, 5.41) is 5.64. The van der Waals surface area contributed by atoms with Gasteiger partial charge in [-0.3, -0.25) is 14.9 Å². The number of quaternary nitrogens is 1. The average Bonchev–Trinajstić information content (AvgIpc) is 2.60. The zero-order chi connectivity index (χ0) is 19.7. The lowest BCUT2D eigenvalue weighted by atomic mass is 9.53. The van der Waals surface area contributed by atoms with E-state index in [1.807, 2.05) is 0 Å². The number of nitrogens with one attached hydrogen (secondary N) is 3. The van der Waals surface area contributed by atoms with Crippen molar-refractivity contribution in [1.82, 2.24) is 15.5 Å². The second-order valence-electron chi connectivity index (χ2n) is 9.50. The third kappa shape index (κ3) is 4.49. The van der Waals surface area contributed by atoms with Crippen LogP contribution >= 0.6 is 0 Å². The fourth-order valence-electron chi connectivity index (χ4n) is 6.23. The number of hydrogen-bond acceptors (Lipinski definition) is 4. The van der Waals surface area contributed by atoms with Crippen LogP contribution in [0.15, 0.2) is 0 Å². The van der Waals surface area contributed by atoms with Gasteiger partial charge in [-0.15, -0.1) is 0 Å². The SMILES string of the molecule is C[NH+](CC(=O)NC(=O)NC12CC3CC(CC(C3)C1)C2)CC(=O)N1CCOCC1. The van der Waals surface area contributed by atoms with Crippen molar-refractivity contribution in [1.29, 1.82) is 0 Å². The molecular formula is C20H33N4O4+. The molecule has 4 bridgehead atoms. The summed E-state index contributed by atoms with van der Waals surface area (Å²) >= 11 is 0. The van der Waals surface area contributed by atoms with Gasteiger partial charge in [0.2, 0.25) is 0 Å². The molecule has 1 heterocycles. The van der Waals surface area contributed by atoms with Crippen LogP contribution < -0.4 is 15.5 Å². The molecule has 5 fully saturated rings. The van der Waals surface area contributed by atoms with Crippen LogP contribution in [0, 0.1) is 17.8 Å². The summed E-state index contributed by atoms with van der Waals surface area (Å²) in [5.74, 6) is 1.90. The molecule has 0 radical (unpaired) electrons. The van der Waals surface area contributed by atoms with Gasteiger partial charge in [0.05, 0.1) is 20.3 Å². The largest absolute Gasteiger partial charge is 0.378 e. The fraction of sp³-hybridized carbons (Fsp3) is 0.850. The number of morpholine rings is 1. The molecule has 8 heteroatoms. The van der Waals surface area contributed by atoms with Crippen LogP contribution in [-0.4, -0.2) is 74.7 Å². The first-order valence-electron chi connectivity index (χ1n) is 10.7. The van der Waals surface area contributed by atoms with Crippen molar-refractivity contribution in [3.63, 3.8) is 0 Å². The predicted molar refractivity (Wildman–Crippen MR) is 102 cm³/mol. The Morgan fingerprint density at radius 2 is 1.57 bits per heavy atom. The van der Waals surface area contributed by atoms with Gasteiger partial charge in [-0.2, -0.15) is 0 Å². The standard InChI is InChI=1S/C20H32N4O4/c1-23(13-18(26)24-2-4-28-5-3-24)12-17(25)21-19(27)22-20-9-14-6-15(10-20)8-16(7-14)11-20/h14-16H,2-13H2,1H3,(H2,21,22,25,27)/p+1. The molecule has 0 spiro atoms. The van der Waals surface area contributed by atoms with Gasteiger partial charge < -0.3 is 19.9 Å². The number of imide groups is 1. The Labute approximate surface area is 166 Å². The molecule has 1 atom stereocenters. The van der Waals surface area contributed by atoms with E-state index in [1.165, 1.54) is 19.3 Å². The molecule has 5 rings (SSSR count). The maximum atomic E-state index is 12.4. The highest BCUT2D eigenvalue weighted by molar-refractivity contribution is 5.95. The molecule has 0 aromatic heterocycles. The van der Waals surface area contributed by atoms with Crippen LogP contribution in [0.4, 0.5) is 4.79 Å². The Bertz CT molecular complexity index is 596. The Morgan fingerprint density at radius 3 is 2.14 bits per heavy atom. The molecule has 8 nitrogen and oxygen atoms in total. The van der Waals surface area contributed by atoms with E-state index in [1.54, 1.807) is 11.9 Å². The van der Waals surface area contributed by atoms with Gasteiger partial charge in [-0.25, -0.2) is 4.79 Å². The number of rotatable bonds is 5. The quantitative estimate of drug-likeness (QED) is 0.568. The summed E-state index contributed by atoms with van der Waals surface area (Å²) in [7, 11) is 1.80. The molecule has 1 unspecified atom stereocenters. The van der Waals surface area contributed by atoms with E-state index in [0.717, 1.165) is 41.9 Å².